The zero-order valence-corrected chi connectivity index (χ0v) is 18.4. The van der Waals surface area contributed by atoms with E-state index in [1.54, 1.807) is 12.1 Å². The molecule has 31 heavy (non-hydrogen) atoms. The van der Waals surface area contributed by atoms with Gasteiger partial charge < -0.3 is 0 Å². The van der Waals surface area contributed by atoms with Gasteiger partial charge in [-0.2, -0.15) is 0 Å². The third kappa shape index (κ3) is 4.84. The topological polar surface area (TPSA) is 0 Å². The molecule has 0 nitrogen and oxygen atoms in total. The fraction of sp³-hybridized carbons (Fsp3) is 0.333. The normalized spacial score (nSPS) is 12.4. The zero-order chi connectivity index (χ0) is 22.7. The predicted octanol–water partition coefficient (Wildman–Crippen LogP) is 8.82. The van der Waals surface area contributed by atoms with E-state index >= 15 is 0 Å². The van der Waals surface area contributed by atoms with E-state index in [0.717, 1.165) is 19.3 Å². The summed E-state index contributed by atoms with van der Waals surface area (Å²) in [6.07, 6.45) is 3.24. The van der Waals surface area contributed by atoms with Crippen molar-refractivity contribution in [3.05, 3.63) is 82.9 Å². The molecule has 164 valence electrons. The Morgan fingerprint density at radius 2 is 1.16 bits per heavy atom. The minimum atomic E-state index is -1.19. The molecule has 0 aromatic heterocycles. The summed E-state index contributed by atoms with van der Waals surface area (Å²) in [5.74, 6) is -3.43. The van der Waals surface area contributed by atoms with Gasteiger partial charge in [0.05, 0.1) is 0 Å². The maximum atomic E-state index is 14.9. The summed E-state index contributed by atoms with van der Waals surface area (Å²) in [7, 11) is 0. The molecule has 4 heteroatoms. The second kappa shape index (κ2) is 9.67. The molecule has 0 amide bonds. The Morgan fingerprint density at radius 1 is 0.645 bits per heavy atom. The van der Waals surface area contributed by atoms with Crippen molar-refractivity contribution in [1.82, 2.24) is 0 Å². The average Bonchev–Trinajstić information content (AvgIpc) is 2.75. The van der Waals surface area contributed by atoms with Crippen molar-refractivity contribution >= 4 is 0 Å². The summed E-state index contributed by atoms with van der Waals surface area (Å²) in [6.45, 7) is 7.97. The number of aryl methyl sites for hydroxylation is 1. The lowest BCUT2D eigenvalue weighted by molar-refractivity contribution is 0.492. The van der Waals surface area contributed by atoms with Crippen LogP contribution >= 0.6 is 0 Å². The third-order valence-electron chi connectivity index (χ3n) is 5.93. The second-order valence-corrected chi connectivity index (χ2v) is 8.55. The van der Waals surface area contributed by atoms with E-state index in [2.05, 4.69) is 20.8 Å². The zero-order valence-electron chi connectivity index (χ0n) is 18.4. The highest BCUT2D eigenvalue weighted by molar-refractivity contribution is 5.72. The number of benzene rings is 3. The predicted molar refractivity (Wildman–Crippen MR) is 119 cm³/mol. The first-order valence-corrected chi connectivity index (χ1v) is 10.8. The van der Waals surface area contributed by atoms with Crippen molar-refractivity contribution in [3.63, 3.8) is 0 Å². The smallest absolute Gasteiger partial charge is 0.167 e. The Kier molecular flexibility index (Phi) is 7.19. The fourth-order valence-electron chi connectivity index (χ4n) is 3.91. The SMILES string of the molecule is CCC(CCC(C)C)c1ccc(-c2ccc(-c3ccc(C)c(F)c3F)c(F)c2F)cc1. The Bertz CT molecular complexity index is 1050. The Hall–Kier alpha value is -2.62. The summed E-state index contributed by atoms with van der Waals surface area (Å²) in [4.78, 5) is 0. The van der Waals surface area contributed by atoms with Gasteiger partial charge in [0.25, 0.3) is 0 Å². The van der Waals surface area contributed by atoms with Crippen LogP contribution in [0.3, 0.4) is 0 Å². The van der Waals surface area contributed by atoms with E-state index < -0.39 is 23.3 Å². The molecule has 0 spiro atoms. The minimum Gasteiger partial charge on any atom is -0.203 e. The van der Waals surface area contributed by atoms with Crippen molar-refractivity contribution < 1.29 is 17.6 Å². The first-order chi connectivity index (χ1) is 14.7. The quantitative estimate of drug-likeness (QED) is 0.330. The van der Waals surface area contributed by atoms with Crippen LogP contribution in [0.2, 0.25) is 0 Å². The van der Waals surface area contributed by atoms with Crippen LogP contribution in [0.4, 0.5) is 17.6 Å². The molecular formula is C27H28F4. The molecule has 0 radical (unpaired) electrons. The van der Waals surface area contributed by atoms with Crippen LogP contribution in [0, 0.1) is 36.1 Å². The van der Waals surface area contributed by atoms with E-state index in [-0.39, 0.29) is 22.3 Å². The Labute approximate surface area is 181 Å². The maximum absolute atomic E-state index is 14.9. The van der Waals surface area contributed by atoms with E-state index in [4.69, 9.17) is 0 Å². The lowest BCUT2D eigenvalue weighted by Crippen LogP contribution is -2.01. The van der Waals surface area contributed by atoms with Crippen molar-refractivity contribution in [1.29, 1.82) is 0 Å². The largest absolute Gasteiger partial charge is 0.203 e. The van der Waals surface area contributed by atoms with Crippen molar-refractivity contribution in [3.8, 4) is 22.3 Å². The van der Waals surface area contributed by atoms with Gasteiger partial charge in [0.15, 0.2) is 23.3 Å². The van der Waals surface area contributed by atoms with Gasteiger partial charge in [-0.25, -0.2) is 17.6 Å². The van der Waals surface area contributed by atoms with Gasteiger partial charge in [-0.15, -0.1) is 0 Å². The van der Waals surface area contributed by atoms with Crippen LogP contribution < -0.4 is 0 Å². The van der Waals surface area contributed by atoms with Crippen molar-refractivity contribution in [2.45, 2.75) is 52.9 Å². The first-order valence-electron chi connectivity index (χ1n) is 10.8. The maximum Gasteiger partial charge on any atom is 0.167 e. The highest BCUT2D eigenvalue weighted by atomic mass is 19.2. The molecule has 0 saturated carbocycles. The number of hydrogen-bond acceptors (Lipinski definition) is 0. The molecule has 1 atom stereocenters. The molecule has 0 saturated heterocycles. The molecule has 3 aromatic carbocycles. The molecule has 0 aliphatic rings. The molecule has 0 aliphatic carbocycles. The molecule has 0 bridgehead atoms. The first kappa shape index (κ1) is 23.1. The Balaban J connectivity index is 1.93. The Morgan fingerprint density at radius 3 is 1.74 bits per heavy atom. The summed E-state index contributed by atoms with van der Waals surface area (Å²) >= 11 is 0. The van der Waals surface area contributed by atoms with Gasteiger partial charge in [-0.1, -0.05) is 75.7 Å². The van der Waals surface area contributed by atoms with Gasteiger partial charge in [-0.05, 0) is 48.3 Å². The third-order valence-corrected chi connectivity index (χ3v) is 5.93. The van der Waals surface area contributed by atoms with E-state index in [9.17, 15) is 17.6 Å². The van der Waals surface area contributed by atoms with E-state index in [1.165, 1.54) is 36.8 Å². The van der Waals surface area contributed by atoms with Gasteiger partial charge in [0.1, 0.15) is 0 Å². The van der Waals surface area contributed by atoms with Crippen molar-refractivity contribution in [2.75, 3.05) is 0 Å². The summed E-state index contributed by atoms with van der Waals surface area (Å²) in [6, 6.07) is 12.8. The molecule has 0 fully saturated rings. The fourth-order valence-corrected chi connectivity index (χ4v) is 3.91. The summed E-state index contributed by atoms with van der Waals surface area (Å²) < 4.78 is 57.9. The van der Waals surface area contributed by atoms with E-state index in [1.807, 2.05) is 12.1 Å². The van der Waals surface area contributed by atoms with Gasteiger partial charge in [0.2, 0.25) is 0 Å². The highest BCUT2D eigenvalue weighted by Gasteiger charge is 2.20. The molecule has 0 aliphatic heterocycles. The lowest BCUT2D eigenvalue weighted by atomic mass is 9.88. The van der Waals surface area contributed by atoms with Crippen LogP contribution in [-0.2, 0) is 0 Å². The highest BCUT2D eigenvalue weighted by Crippen LogP contribution is 2.35. The monoisotopic (exact) mass is 428 g/mol. The molecule has 1 unspecified atom stereocenters. The molecule has 3 rings (SSSR count). The number of rotatable bonds is 7. The van der Waals surface area contributed by atoms with Crippen LogP contribution in [0.5, 0.6) is 0 Å². The van der Waals surface area contributed by atoms with Gasteiger partial charge in [0, 0.05) is 16.7 Å². The summed E-state index contributed by atoms with van der Waals surface area (Å²) in [5, 5.41) is 0. The number of hydrogen-bond donors (Lipinski definition) is 0. The number of halogens is 4. The lowest BCUT2D eigenvalue weighted by Gasteiger charge is -2.17. The molecule has 0 N–H and O–H groups in total. The molecule has 3 aromatic rings. The second-order valence-electron chi connectivity index (χ2n) is 8.55. The average molecular weight is 429 g/mol. The van der Waals surface area contributed by atoms with Crippen molar-refractivity contribution in [2.24, 2.45) is 5.92 Å². The minimum absolute atomic E-state index is 0.0935. The van der Waals surface area contributed by atoms with Crippen LogP contribution in [-0.4, -0.2) is 0 Å². The summed E-state index contributed by atoms with van der Waals surface area (Å²) in [5.41, 5.74) is 1.34. The standard InChI is InChI=1S/C27H28F4/c1-5-18(8-6-16(2)3)19-9-11-20(12-10-19)21-14-15-23(27(31)25(21)29)22-13-7-17(4)24(28)26(22)30/h7,9-16,18H,5-6,8H2,1-4H3. The van der Waals surface area contributed by atoms with Gasteiger partial charge >= 0.3 is 0 Å². The van der Waals surface area contributed by atoms with Crippen LogP contribution in [0.25, 0.3) is 22.3 Å². The van der Waals surface area contributed by atoms with Gasteiger partial charge in [-0.3, -0.25) is 0 Å². The van der Waals surface area contributed by atoms with Crippen LogP contribution in [0.1, 0.15) is 57.1 Å². The van der Waals surface area contributed by atoms with E-state index in [0.29, 0.717) is 17.4 Å². The molecule has 0 heterocycles. The molecular weight excluding hydrogens is 400 g/mol. The van der Waals surface area contributed by atoms with Crippen LogP contribution in [0.15, 0.2) is 48.5 Å².